The van der Waals surface area contributed by atoms with Crippen LogP contribution < -0.4 is 11.2 Å². The van der Waals surface area contributed by atoms with Gasteiger partial charge in [0, 0.05) is 6.04 Å². The Bertz CT molecular complexity index is 677. The van der Waals surface area contributed by atoms with Crippen molar-refractivity contribution in [3.05, 3.63) is 44.6 Å². The smallest absolute Gasteiger partial charge is 0.307 e. The first kappa shape index (κ1) is 9.39. The molecule has 0 aliphatic heterocycles. The van der Waals surface area contributed by atoms with Crippen molar-refractivity contribution in [1.82, 2.24) is 9.55 Å². The topological polar surface area (TPSA) is 54.9 Å². The molecule has 0 radical (unpaired) electrons. The fourth-order valence-electron chi connectivity index (χ4n) is 2.01. The molecule has 1 aliphatic carbocycles. The molecule has 4 nitrogen and oxygen atoms in total. The fraction of sp³-hybridized carbons (Fsp3) is 0.333. The first-order valence-corrected chi connectivity index (χ1v) is 5.42. The molecule has 0 bridgehead atoms. The number of rotatable bonds is 1. The van der Waals surface area contributed by atoms with Gasteiger partial charge in [0.25, 0.3) is 5.56 Å². The zero-order chi connectivity index (χ0) is 11.3. The molecule has 4 heteroatoms. The van der Waals surface area contributed by atoms with Crippen LogP contribution in [-0.2, 0) is 0 Å². The molecular weight excluding hydrogens is 204 g/mol. The largest absolute Gasteiger partial charge is 0.329 e. The van der Waals surface area contributed by atoms with Crippen molar-refractivity contribution in [3.63, 3.8) is 0 Å². The van der Waals surface area contributed by atoms with E-state index >= 15 is 0 Å². The zero-order valence-electron chi connectivity index (χ0n) is 8.99. The number of H-pyrrole nitrogens is 1. The summed E-state index contributed by atoms with van der Waals surface area (Å²) in [5.74, 6) is 0. The summed E-state index contributed by atoms with van der Waals surface area (Å²) < 4.78 is 1.35. The van der Waals surface area contributed by atoms with E-state index in [9.17, 15) is 9.59 Å². The van der Waals surface area contributed by atoms with Crippen LogP contribution in [0.4, 0.5) is 0 Å². The number of fused-ring (bicyclic) bond motifs is 1. The van der Waals surface area contributed by atoms with E-state index in [2.05, 4.69) is 4.98 Å². The van der Waals surface area contributed by atoms with Crippen LogP contribution in [0.2, 0.25) is 0 Å². The van der Waals surface area contributed by atoms with Gasteiger partial charge in [0.15, 0.2) is 0 Å². The lowest BCUT2D eigenvalue weighted by molar-refractivity contribution is 0.666. The second-order valence-corrected chi connectivity index (χ2v) is 4.39. The van der Waals surface area contributed by atoms with E-state index in [-0.39, 0.29) is 17.3 Å². The summed E-state index contributed by atoms with van der Waals surface area (Å²) in [5.41, 5.74) is 1.20. The Morgan fingerprint density at radius 1 is 1.31 bits per heavy atom. The quantitative estimate of drug-likeness (QED) is 0.781. The Morgan fingerprint density at radius 2 is 2.06 bits per heavy atom. The number of hydrogen-bond donors (Lipinski definition) is 1. The molecule has 16 heavy (non-hydrogen) atoms. The predicted octanol–water partition coefficient (Wildman–Crippen LogP) is 1.33. The highest BCUT2D eigenvalue weighted by atomic mass is 16.2. The van der Waals surface area contributed by atoms with Gasteiger partial charge in [-0.15, -0.1) is 0 Å². The van der Waals surface area contributed by atoms with Crippen molar-refractivity contribution < 1.29 is 0 Å². The van der Waals surface area contributed by atoms with Crippen LogP contribution in [0.15, 0.2) is 27.8 Å². The summed E-state index contributed by atoms with van der Waals surface area (Å²) >= 11 is 0. The minimum absolute atomic E-state index is 0.112. The van der Waals surface area contributed by atoms with E-state index in [1.165, 1.54) is 4.57 Å². The average molecular weight is 216 g/mol. The average Bonchev–Trinajstić information content (AvgIpc) is 3.04. The first-order valence-electron chi connectivity index (χ1n) is 5.42. The third kappa shape index (κ3) is 1.30. The van der Waals surface area contributed by atoms with E-state index in [0.29, 0.717) is 10.9 Å². The van der Waals surface area contributed by atoms with Gasteiger partial charge in [-0.3, -0.25) is 9.36 Å². The summed E-state index contributed by atoms with van der Waals surface area (Å²) in [6.45, 7) is 1.94. The molecule has 1 saturated carbocycles. The Balaban J connectivity index is 2.45. The van der Waals surface area contributed by atoms with Crippen LogP contribution in [0.3, 0.4) is 0 Å². The van der Waals surface area contributed by atoms with Gasteiger partial charge in [-0.25, -0.2) is 4.79 Å². The summed E-state index contributed by atoms with van der Waals surface area (Å²) in [5, 5.41) is 0.603. The standard InChI is InChI=1S/C12H12N2O2/c1-7-2-5-10-9(6-7)11(15)14(8-3-4-8)12(16)13-10/h2,5-6,8H,3-4H2,1H3,(H,13,16). The second-order valence-electron chi connectivity index (χ2n) is 4.39. The van der Waals surface area contributed by atoms with Gasteiger partial charge in [0.1, 0.15) is 0 Å². The van der Waals surface area contributed by atoms with E-state index in [0.717, 1.165) is 18.4 Å². The molecule has 0 unspecified atom stereocenters. The maximum atomic E-state index is 12.1. The van der Waals surface area contributed by atoms with E-state index < -0.39 is 0 Å². The predicted molar refractivity (Wildman–Crippen MR) is 61.8 cm³/mol. The molecule has 1 fully saturated rings. The highest BCUT2D eigenvalue weighted by molar-refractivity contribution is 5.77. The minimum atomic E-state index is -0.288. The summed E-state index contributed by atoms with van der Waals surface area (Å²) in [4.78, 5) is 26.6. The number of hydrogen-bond acceptors (Lipinski definition) is 2. The highest BCUT2D eigenvalue weighted by Gasteiger charge is 2.27. The molecule has 1 aliphatic rings. The lowest BCUT2D eigenvalue weighted by atomic mass is 10.2. The molecule has 1 N–H and O–H groups in total. The van der Waals surface area contributed by atoms with Crippen molar-refractivity contribution in [2.24, 2.45) is 0 Å². The van der Waals surface area contributed by atoms with Gasteiger partial charge < -0.3 is 4.98 Å². The third-order valence-corrected chi connectivity index (χ3v) is 3.00. The monoisotopic (exact) mass is 216 g/mol. The number of aromatic nitrogens is 2. The molecule has 0 spiro atoms. The van der Waals surface area contributed by atoms with Gasteiger partial charge in [0.05, 0.1) is 10.9 Å². The maximum absolute atomic E-state index is 12.1. The van der Waals surface area contributed by atoms with Crippen LogP contribution in [0, 0.1) is 6.92 Å². The molecular formula is C12H12N2O2. The van der Waals surface area contributed by atoms with Gasteiger partial charge in [0.2, 0.25) is 0 Å². The van der Waals surface area contributed by atoms with Gasteiger partial charge in [-0.2, -0.15) is 0 Å². The number of nitrogens with one attached hydrogen (secondary N) is 1. The molecule has 1 aromatic heterocycles. The molecule has 2 aromatic rings. The van der Waals surface area contributed by atoms with Crippen LogP contribution in [0.1, 0.15) is 24.4 Å². The molecule has 82 valence electrons. The first-order chi connectivity index (χ1) is 7.66. The van der Waals surface area contributed by atoms with Gasteiger partial charge in [-0.05, 0) is 31.9 Å². The van der Waals surface area contributed by atoms with Crippen LogP contribution in [-0.4, -0.2) is 9.55 Å². The summed E-state index contributed by atoms with van der Waals surface area (Å²) in [7, 11) is 0. The van der Waals surface area contributed by atoms with Crippen LogP contribution >= 0.6 is 0 Å². The van der Waals surface area contributed by atoms with Crippen LogP contribution in [0.25, 0.3) is 10.9 Å². The van der Waals surface area contributed by atoms with Gasteiger partial charge in [-0.1, -0.05) is 11.6 Å². The Labute approximate surface area is 91.5 Å². The van der Waals surface area contributed by atoms with E-state index in [1.807, 2.05) is 19.1 Å². The summed E-state index contributed by atoms with van der Waals surface area (Å²) in [6, 6.07) is 5.61. The Kier molecular flexibility index (Phi) is 1.80. The third-order valence-electron chi connectivity index (χ3n) is 3.00. The Morgan fingerprint density at radius 3 is 2.75 bits per heavy atom. The molecule has 1 heterocycles. The second kappa shape index (κ2) is 3.07. The number of nitrogens with zero attached hydrogens (tertiary/aromatic N) is 1. The van der Waals surface area contributed by atoms with Crippen LogP contribution in [0.5, 0.6) is 0 Å². The summed E-state index contributed by atoms with van der Waals surface area (Å²) in [6.07, 6.45) is 1.86. The fourth-order valence-corrected chi connectivity index (χ4v) is 2.01. The number of aryl methyl sites for hydroxylation is 1. The van der Waals surface area contributed by atoms with Gasteiger partial charge >= 0.3 is 5.69 Å². The number of aromatic amines is 1. The van der Waals surface area contributed by atoms with Crippen molar-refractivity contribution in [2.45, 2.75) is 25.8 Å². The lowest BCUT2D eigenvalue weighted by Crippen LogP contribution is -2.34. The van der Waals surface area contributed by atoms with E-state index in [1.54, 1.807) is 6.07 Å². The normalized spacial score (nSPS) is 15.6. The van der Waals surface area contributed by atoms with Crippen molar-refractivity contribution >= 4 is 10.9 Å². The molecule has 0 saturated heterocycles. The van der Waals surface area contributed by atoms with Crippen molar-refractivity contribution in [2.75, 3.05) is 0 Å². The highest BCUT2D eigenvalue weighted by Crippen LogP contribution is 2.32. The molecule has 0 amide bonds. The van der Waals surface area contributed by atoms with E-state index in [4.69, 9.17) is 0 Å². The molecule has 1 aromatic carbocycles. The molecule has 0 atom stereocenters. The lowest BCUT2D eigenvalue weighted by Gasteiger charge is -2.04. The minimum Gasteiger partial charge on any atom is -0.307 e. The van der Waals surface area contributed by atoms with Crippen molar-refractivity contribution in [1.29, 1.82) is 0 Å². The van der Waals surface area contributed by atoms with Crippen molar-refractivity contribution in [3.8, 4) is 0 Å². The number of benzene rings is 1. The maximum Gasteiger partial charge on any atom is 0.329 e. The molecule has 3 rings (SSSR count). The zero-order valence-corrected chi connectivity index (χ0v) is 8.99. The Hall–Kier alpha value is -1.84. The SMILES string of the molecule is Cc1ccc2[nH]c(=O)n(C3CC3)c(=O)c2c1.